The van der Waals surface area contributed by atoms with Gasteiger partial charge in [0.15, 0.2) is 5.96 Å². The van der Waals surface area contributed by atoms with E-state index >= 15 is 0 Å². The molecule has 0 spiro atoms. The fraction of sp³-hybridized carbons (Fsp3) is 0.938. The van der Waals surface area contributed by atoms with Crippen LogP contribution in [-0.4, -0.2) is 63.5 Å². The van der Waals surface area contributed by atoms with Crippen LogP contribution in [0.5, 0.6) is 0 Å². The molecule has 0 bridgehead atoms. The number of ether oxygens (including phenoxy) is 2. The van der Waals surface area contributed by atoms with Crippen molar-refractivity contribution in [2.75, 3.05) is 46.3 Å². The third-order valence-corrected chi connectivity index (χ3v) is 4.90. The summed E-state index contributed by atoms with van der Waals surface area (Å²) in [5.74, 6) is 0.967. The zero-order valence-corrected chi connectivity index (χ0v) is 15.2. The zero-order chi connectivity index (χ0) is 16.0. The van der Waals surface area contributed by atoms with Gasteiger partial charge in [0.05, 0.1) is 13.2 Å². The third-order valence-electron chi connectivity index (χ3n) is 3.80. The minimum absolute atomic E-state index is 0.577. The molecule has 22 heavy (non-hydrogen) atoms. The van der Waals surface area contributed by atoms with Gasteiger partial charge in [-0.1, -0.05) is 0 Å². The lowest BCUT2D eigenvalue weighted by molar-refractivity contribution is 0.0690. The number of aliphatic imine (C=N–C) groups is 1. The van der Waals surface area contributed by atoms with Crippen molar-refractivity contribution < 1.29 is 9.47 Å². The summed E-state index contributed by atoms with van der Waals surface area (Å²) >= 11 is 1.99. The average Bonchev–Trinajstić information content (AvgIpc) is 2.97. The molecular formula is C16H33N3O2S. The van der Waals surface area contributed by atoms with Gasteiger partial charge in [0, 0.05) is 38.1 Å². The van der Waals surface area contributed by atoms with E-state index in [0.717, 1.165) is 43.7 Å². The number of hydrogen-bond acceptors (Lipinski definition) is 4. The topological polar surface area (TPSA) is 54.9 Å². The number of rotatable bonds is 11. The molecule has 0 aromatic heterocycles. The molecule has 0 aromatic rings. The van der Waals surface area contributed by atoms with Gasteiger partial charge in [0.1, 0.15) is 0 Å². The lowest BCUT2D eigenvalue weighted by atomic mass is 10.2. The van der Waals surface area contributed by atoms with Gasteiger partial charge < -0.3 is 20.1 Å². The van der Waals surface area contributed by atoms with Crippen LogP contribution in [0.25, 0.3) is 0 Å². The lowest BCUT2D eigenvalue weighted by Crippen LogP contribution is -2.42. The molecule has 1 fully saturated rings. The summed E-state index contributed by atoms with van der Waals surface area (Å²) in [5, 5.41) is 7.73. The molecule has 6 heteroatoms. The summed E-state index contributed by atoms with van der Waals surface area (Å²) in [4.78, 5) is 4.67. The Balaban J connectivity index is 2.16. The predicted molar refractivity (Wildman–Crippen MR) is 96.0 cm³/mol. The Labute approximate surface area is 140 Å². The maximum Gasteiger partial charge on any atom is 0.191 e. The molecule has 2 N–H and O–H groups in total. The number of hydrogen-bond donors (Lipinski definition) is 2. The second-order valence-corrected chi connectivity index (χ2v) is 6.72. The smallest absolute Gasteiger partial charge is 0.191 e. The minimum atomic E-state index is 0.577. The van der Waals surface area contributed by atoms with Crippen LogP contribution in [0, 0.1) is 0 Å². The molecule has 0 aliphatic heterocycles. The molecule has 1 rings (SSSR count). The molecular weight excluding hydrogens is 298 g/mol. The van der Waals surface area contributed by atoms with Gasteiger partial charge in [0.25, 0.3) is 0 Å². The van der Waals surface area contributed by atoms with Crippen molar-refractivity contribution in [3.63, 3.8) is 0 Å². The second-order valence-electron chi connectivity index (χ2n) is 5.58. The number of nitrogens with zero attached hydrogens (tertiary/aromatic N) is 1. The van der Waals surface area contributed by atoms with Crippen molar-refractivity contribution in [2.24, 2.45) is 4.99 Å². The molecule has 5 nitrogen and oxygen atoms in total. The standard InChI is InChI=1S/C16H33N3O2S/c1-4-17-16(19-14-7-8-15(13-14)22-3)18-9-5-6-10-21-12-11-20-2/h14-15H,4-13H2,1-3H3,(H2,17,18,19). The molecule has 1 aliphatic rings. The molecule has 0 radical (unpaired) electrons. The molecule has 0 amide bonds. The van der Waals surface area contributed by atoms with Crippen LogP contribution in [0.1, 0.15) is 39.0 Å². The van der Waals surface area contributed by atoms with Crippen LogP contribution in [0.15, 0.2) is 4.99 Å². The van der Waals surface area contributed by atoms with Gasteiger partial charge >= 0.3 is 0 Å². The lowest BCUT2D eigenvalue weighted by Gasteiger charge is -2.17. The van der Waals surface area contributed by atoms with E-state index in [4.69, 9.17) is 9.47 Å². The fourth-order valence-corrected chi connectivity index (χ4v) is 3.35. The quantitative estimate of drug-likeness (QED) is 0.346. The number of thioether (sulfide) groups is 1. The Morgan fingerprint density at radius 1 is 1.23 bits per heavy atom. The van der Waals surface area contributed by atoms with E-state index in [1.54, 1.807) is 7.11 Å². The van der Waals surface area contributed by atoms with Crippen molar-refractivity contribution >= 4 is 17.7 Å². The first-order valence-electron chi connectivity index (χ1n) is 8.44. The highest BCUT2D eigenvalue weighted by Crippen LogP contribution is 2.27. The third kappa shape index (κ3) is 8.86. The molecule has 0 aromatic carbocycles. The molecule has 2 unspecified atom stereocenters. The Morgan fingerprint density at radius 3 is 2.77 bits per heavy atom. The van der Waals surface area contributed by atoms with Crippen molar-refractivity contribution in [3.8, 4) is 0 Å². The highest BCUT2D eigenvalue weighted by molar-refractivity contribution is 7.99. The van der Waals surface area contributed by atoms with Crippen LogP contribution < -0.4 is 10.6 Å². The van der Waals surface area contributed by atoms with Gasteiger partial charge in [-0.25, -0.2) is 0 Å². The molecule has 1 saturated carbocycles. The van der Waals surface area contributed by atoms with Gasteiger partial charge in [-0.3, -0.25) is 4.99 Å². The largest absolute Gasteiger partial charge is 0.382 e. The number of nitrogens with one attached hydrogen (secondary N) is 2. The van der Waals surface area contributed by atoms with E-state index in [1.165, 1.54) is 19.3 Å². The fourth-order valence-electron chi connectivity index (χ4n) is 2.55. The van der Waals surface area contributed by atoms with E-state index < -0.39 is 0 Å². The van der Waals surface area contributed by atoms with Crippen molar-refractivity contribution in [2.45, 2.75) is 50.3 Å². The van der Waals surface area contributed by atoms with Crippen molar-refractivity contribution in [1.82, 2.24) is 10.6 Å². The van der Waals surface area contributed by atoms with Gasteiger partial charge in [0.2, 0.25) is 0 Å². The summed E-state index contributed by atoms with van der Waals surface area (Å²) in [6.45, 7) is 6.01. The zero-order valence-electron chi connectivity index (χ0n) is 14.4. The highest BCUT2D eigenvalue weighted by Gasteiger charge is 2.24. The molecule has 0 heterocycles. The van der Waals surface area contributed by atoms with Crippen LogP contribution in [-0.2, 0) is 9.47 Å². The molecule has 2 atom stereocenters. The van der Waals surface area contributed by atoms with Gasteiger partial charge in [-0.05, 0) is 45.3 Å². The van der Waals surface area contributed by atoms with E-state index in [-0.39, 0.29) is 0 Å². The minimum Gasteiger partial charge on any atom is -0.382 e. The predicted octanol–water partition coefficient (Wildman–Crippen LogP) is 2.27. The first kappa shape index (κ1) is 19.6. The van der Waals surface area contributed by atoms with E-state index in [2.05, 4.69) is 28.8 Å². The number of methoxy groups -OCH3 is 1. The SMILES string of the molecule is CCNC(=NCCCCOCCOC)NC1CCC(SC)C1. The van der Waals surface area contributed by atoms with Crippen molar-refractivity contribution in [1.29, 1.82) is 0 Å². The first-order chi connectivity index (χ1) is 10.8. The summed E-state index contributed by atoms with van der Waals surface area (Å²) < 4.78 is 10.4. The average molecular weight is 332 g/mol. The number of unbranched alkanes of at least 4 members (excludes halogenated alkanes) is 1. The van der Waals surface area contributed by atoms with Crippen LogP contribution in [0.4, 0.5) is 0 Å². The maximum absolute atomic E-state index is 5.45. The van der Waals surface area contributed by atoms with Crippen LogP contribution in [0.3, 0.4) is 0 Å². The van der Waals surface area contributed by atoms with E-state index in [9.17, 15) is 0 Å². The Bertz CT molecular complexity index is 303. The normalized spacial score (nSPS) is 22.0. The summed E-state index contributed by atoms with van der Waals surface area (Å²) in [7, 11) is 1.69. The first-order valence-corrected chi connectivity index (χ1v) is 9.73. The van der Waals surface area contributed by atoms with Crippen molar-refractivity contribution in [3.05, 3.63) is 0 Å². The second kappa shape index (κ2) is 13.0. The van der Waals surface area contributed by atoms with E-state index in [0.29, 0.717) is 19.3 Å². The molecule has 0 saturated heterocycles. The van der Waals surface area contributed by atoms with E-state index in [1.807, 2.05) is 11.8 Å². The Hall–Kier alpha value is -0.460. The summed E-state index contributed by atoms with van der Waals surface area (Å²) in [5.41, 5.74) is 0. The maximum atomic E-state index is 5.45. The number of guanidine groups is 1. The highest BCUT2D eigenvalue weighted by atomic mass is 32.2. The monoisotopic (exact) mass is 331 g/mol. The van der Waals surface area contributed by atoms with Gasteiger partial charge in [-0.2, -0.15) is 11.8 Å². The van der Waals surface area contributed by atoms with Gasteiger partial charge in [-0.15, -0.1) is 0 Å². The summed E-state index contributed by atoms with van der Waals surface area (Å²) in [6.07, 6.45) is 8.13. The van der Waals surface area contributed by atoms with Crippen LogP contribution >= 0.6 is 11.8 Å². The Morgan fingerprint density at radius 2 is 2.09 bits per heavy atom. The van der Waals surface area contributed by atoms with Crippen LogP contribution in [0.2, 0.25) is 0 Å². The summed E-state index contributed by atoms with van der Waals surface area (Å²) in [6, 6.07) is 0.577. The Kier molecular flexibility index (Phi) is 11.6. The molecule has 130 valence electrons. The molecule has 1 aliphatic carbocycles.